The summed E-state index contributed by atoms with van der Waals surface area (Å²) in [5.74, 6) is -0.863. The number of hydrogen-bond acceptors (Lipinski definition) is 3. The van der Waals surface area contributed by atoms with Crippen molar-refractivity contribution in [3.8, 4) is 0 Å². The molecule has 1 saturated heterocycles. The first-order valence-corrected chi connectivity index (χ1v) is 7.75. The predicted molar refractivity (Wildman–Crippen MR) is 87.1 cm³/mol. The number of hydrogen-bond donors (Lipinski definition) is 0. The molecule has 2 aromatic rings. The number of fused-ring (bicyclic) bond motifs is 2. The highest BCUT2D eigenvalue weighted by molar-refractivity contribution is 6.30. The van der Waals surface area contributed by atoms with Crippen LogP contribution in [0.4, 0.5) is 5.69 Å². The van der Waals surface area contributed by atoms with E-state index >= 15 is 0 Å². The van der Waals surface area contributed by atoms with E-state index in [1.54, 1.807) is 0 Å². The summed E-state index contributed by atoms with van der Waals surface area (Å²) in [6, 6.07) is 14.0. The molecular formula is C18H16ClNO2. The van der Waals surface area contributed by atoms with Gasteiger partial charge in [0, 0.05) is 16.8 Å². The molecule has 0 radical (unpaired) electrons. The van der Waals surface area contributed by atoms with Crippen LogP contribution in [0.15, 0.2) is 47.5 Å². The van der Waals surface area contributed by atoms with Gasteiger partial charge in [-0.05, 0) is 36.8 Å². The molecule has 2 aromatic carbocycles. The van der Waals surface area contributed by atoms with E-state index in [1.165, 1.54) is 5.56 Å². The maximum atomic E-state index is 6.11. The van der Waals surface area contributed by atoms with Gasteiger partial charge >= 0.3 is 0 Å². The molecule has 0 N–H and O–H groups in total. The second-order valence-corrected chi connectivity index (χ2v) is 6.13. The van der Waals surface area contributed by atoms with Crippen molar-refractivity contribution in [1.82, 2.24) is 0 Å². The molecule has 0 saturated carbocycles. The predicted octanol–water partition coefficient (Wildman–Crippen LogP) is 4.35. The Hall–Kier alpha value is -1.68. The van der Waals surface area contributed by atoms with E-state index in [-0.39, 0.29) is 5.92 Å². The Morgan fingerprint density at radius 2 is 1.82 bits per heavy atom. The lowest BCUT2D eigenvalue weighted by Crippen LogP contribution is -2.37. The lowest BCUT2D eigenvalue weighted by atomic mass is 9.83. The minimum absolute atomic E-state index is 0.0819. The molecule has 2 heterocycles. The number of ether oxygens (including phenoxy) is 2. The van der Waals surface area contributed by atoms with Crippen molar-refractivity contribution in [2.75, 3.05) is 13.2 Å². The quantitative estimate of drug-likeness (QED) is 0.783. The number of aliphatic imine (C=N–C) groups is 1. The molecule has 0 bridgehead atoms. The molecule has 112 valence electrons. The molecule has 3 nitrogen and oxygen atoms in total. The monoisotopic (exact) mass is 313 g/mol. The van der Waals surface area contributed by atoms with E-state index in [0.717, 1.165) is 21.8 Å². The number of nitrogens with zero attached hydrogens (tertiary/aromatic N) is 1. The summed E-state index contributed by atoms with van der Waals surface area (Å²) in [7, 11) is 0. The Morgan fingerprint density at radius 3 is 2.55 bits per heavy atom. The van der Waals surface area contributed by atoms with Crippen LogP contribution in [0.25, 0.3) is 0 Å². The van der Waals surface area contributed by atoms with E-state index in [4.69, 9.17) is 21.1 Å². The molecule has 1 atom stereocenters. The van der Waals surface area contributed by atoms with Crippen molar-refractivity contribution in [3.05, 3.63) is 64.2 Å². The zero-order chi connectivity index (χ0) is 15.2. The topological polar surface area (TPSA) is 30.8 Å². The van der Waals surface area contributed by atoms with Crippen LogP contribution in [0.5, 0.6) is 0 Å². The highest BCUT2D eigenvalue weighted by Crippen LogP contribution is 2.49. The molecule has 0 aliphatic carbocycles. The molecule has 2 aliphatic rings. The van der Waals surface area contributed by atoms with Crippen molar-refractivity contribution in [1.29, 1.82) is 0 Å². The van der Waals surface area contributed by atoms with Crippen LogP contribution in [-0.4, -0.2) is 19.4 Å². The lowest BCUT2D eigenvalue weighted by Gasteiger charge is -2.37. The van der Waals surface area contributed by atoms with Crippen LogP contribution in [0.1, 0.15) is 22.6 Å². The Labute approximate surface area is 134 Å². The van der Waals surface area contributed by atoms with E-state index in [0.29, 0.717) is 13.2 Å². The summed E-state index contributed by atoms with van der Waals surface area (Å²) in [6.07, 6.45) is 1.92. The van der Waals surface area contributed by atoms with Gasteiger partial charge in [-0.1, -0.05) is 35.4 Å². The van der Waals surface area contributed by atoms with Gasteiger partial charge in [0.05, 0.1) is 24.8 Å². The van der Waals surface area contributed by atoms with Gasteiger partial charge in [0.2, 0.25) is 5.79 Å². The maximum absolute atomic E-state index is 6.11. The molecule has 1 unspecified atom stereocenters. The van der Waals surface area contributed by atoms with Crippen LogP contribution in [0.3, 0.4) is 0 Å². The van der Waals surface area contributed by atoms with E-state index in [9.17, 15) is 0 Å². The van der Waals surface area contributed by atoms with Gasteiger partial charge in [-0.15, -0.1) is 0 Å². The molecule has 4 rings (SSSR count). The summed E-state index contributed by atoms with van der Waals surface area (Å²) in [6.45, 7) is 3.25. The van der Waals surface area contributed by atoms with Gasteiger partial charge in [0.15, 0.2) is 0 Å². The third-order valence-corrected chi connectivity index (χ3v) is 4.50. The smallest absolute Gasteiger partial charge is 0.209 e. The summed E-state index contributed by atoms with van der Waals surface area (Å²) >= 11 is 6.01. The molecule has 2 aliphatic heterocycles. The molecule has 0 amide bonds. The van der Waals surface area contributed by atoms with Gasteiger partial charge in [0.25, 0.3) is 0 Å². The average Bonchev–Trinajstić information content (AvgIpc) is 3.00. The van der Waals surface area contributed by atoms with Gasteiger partial charge in [-0.2, -0.15) is 0 Å². The van der Waals surface area contributed by atoms with Gasteiger partial charge in [-0.25, -0.2) is 0 Å². The van der Waals surface area contributed by atoms with Crippen molar-refractivity contribution in [3.63, 3.8) is 0 Å². The second-order valence-electron chi connectivity index (χ2n) is 5.69. The molecular weight excluding hydrogens is 298 g/mol. The Balaban J connectivity index is 1.88. The minimum Gasteiger partial charge on any atom is -0.343 e. The Kier molecular flexibility index (Phi) is 3.30. The van der Waals surface area contributed by atoms with Crippen molar-refractivity contribution < 1.29 is 9.47 Å². The van der Waals surface area contributed by atoms with Crippen LogP contribution < -0.4 is 0 Å². The largest absolute Gasteiger partial charge is 0.343 e. The third-order valence-electron chi connectivity index (χ3n) is 4.25. The first-order chi connectivity index (χ1) is 10.7. The first-order valence-electron chi connectivity index (χ1n) is 7.38. The zero-order valence-electron chi connectivity index (χ0n) is 12.3. The fraction of sp³-hybridized carbons (Fsp3) is 0.278. The zero-order valence-corrected chi connectivity index (χ0v) is 13.0. The lowest BCUT2D eigenvalue weighted by molar-refractivity contribution is -0.171. The van der Waals surface area contributed by atoms with Gasteiger partial charge in [-0.3, -0.25) is 4.99 Å². The van der Waals surface area contributed by atoms with E-state index < -0.39 is 5.79 Å². The van der Waals surface area contributed by atoms with E-state index in [2.05, 4.69) is 24.0 Å². The SMILES string of the molecule is Cc1ccc2c(c1)C1(OCCO1)C(c1ccc(Cl)cc1)C=N2. The summed E-state index contributed by atoms with van der Waals surface area (Å²) in [5, 5.41) is 0.718. The standard InChI is InChI=1S/C18H16ClNO2/c1-12-2-7-17-15(10-12)18(21-8-9-22-18)16(11-20-17)13-3-5-14(19)6-4-13/h2-7,10-11,16H,8-9H2,1H3. The third kappa shape index (κ3) is 2.09. The highest BCUT2D eigenvalue weighted by Gasteiger charge is 2.49. The molecule has 1 fully saturated rings. The van der Waals surface area contributed by atoms with Crippen molar-refractivity contribution >= 4 is 23.5 Å². The summed E-state index contributed by atoms with van der Waals surface area (Å²) in [5.41, 5.74) is 4.18. The average molecular weight is 314 g/mol. The number of rotatable bonds is 1. The van der Waals surface area contributed by atoms with Crippen LogP contribution in [-0.2, 0) is 15.3 Å². The molecule has 0 aromatic heterocycles. The van der Waals surface area contributed by atoms with Crippen LogP contribution in [0, 0.1) is 6.92 Å². The Morgan fingerprint density at radius 1 is 1.09 bits per heavy atom. The number of aryl methyl sites for hydroxylation is 1. The summed E-state index contributed by atoms with van der Waals surface area (Å²) in [4.78, 5) is 4.62. The normalized spacial score (nSPS) is 22.0. The summed E-state index contributed by atoms with van der Waals surface area (Å²) < 4.78 is 12.2. The number of benzene rings is 2. The molecule has 1 spiro atoms. The Bertz CT molecular complexity index is 733. The first kappa shape index (κ1) is 13.9. The van der Waals surface area contributed by atoms with Crippen molar-refractivity contribution in [2.24, 2.45) is 4.99 Å². The van der Waals surface area contributed by atoms with Crippen molar-refractivity contribution in [2.45, 2.75) is 18.6 Å². The number of halogens is 1. The fourth-order valence-electron chi connectivity index (χ4n) is 3.20. The van der Waals surface area contributed by atoms with Gasteiger partial charge in [0.1, 0.15) is 0 Å². The molecule has 22 heavy (non-hydrogen) atoms. The minimum atomic E-state index is -0.781. The molecule has 4 heteroatoms. The van der Waals surface area contributed by atoms with E-state index in [1.807, 2.05) is 36.5 Å². The van der Waals surface area contributed by atoms with Crippen LogP contribution in [0.2, 0.25) is 5.02 Å². The second kappa shape index (κ2) is 5.20. The fourth-order valence-corrected chi connectivity index (χ4v) is 3.33. The highest BCUT2D eigenvalue weighted by atomic mass is 35.5. The van der Waals surface area contributed by atoms with Gasteiger partial charge < -0.3 is 9.47 Å². The van der Waals surface area contributed by atoms with Crippen LogP contribution >= 0.6 is 11.6 Å². The maximum Gasteiger partial charge on any atom is 0.209 e.